The maximum Gasteiger partial charge on any atom is 0.309 e. The van der Waals surface area contributed by atoms with Crippen molar-refractivity contribution in [1.82, 2.24) is 5.32 Å². The molecule has 1 amide bonds. The number of carboxylic acids is 1. The molecule has 0 atom stereocenters. The molecule has 0 spiro atoms. The highest BCUT2D eigenvalue weighted by Crippen LogP contribution is 2.36. The van der Waals surface area contributed by atoms with Crippen LogP contribution < -0.4 is 14.8 Å². The molecule has 1 aromatic rings. The van der Waals surface area contributed by atoms with Crippen LogP contribution in [-0.4, -0.2) is 41.7 Å². The minimum absolute atomic E-state index is 0.0731. The molecule has 0 saturated heterocycles. The molecule has 1 aliphatic rings. The number of carbonyl (C=O) groups excluding carboxylic acids is 1. The van der Waals surface area contributed by atoms with Crippen molar-refractivity contribution in [3.8, 4) is 11.5 Å². The van der Waals surface area contributed by atoms with E-state index in [4.69, 9.17) is 14.6 Å². The van der Waals surface area contributed by atoms with Gasteiger partial charge in [0, 0.05) is 12.6 Å². The molecule has 1 aliphatic heterocycles. The number of fused-ring (bicyclic) bond motifs is 1. The highest BCUT2D eigenvalue weighted by atomic mass is 16.6. The van der Waals surface area contributed by atoms with Crippen molar-refractivity contribution in [3.63, 3.8) is 0 Å². The van der Waals surface area contributed by atoms with E-state index in [9.17, 15) is 19.7 Å². The normalized spacial score (nSPS) is 13.2. The molecular formula is C15H18N2O7. The van der Waals surface area contributed by atoms with Gasteiger partial charge >= 0.3 is 5.97 Å². The van der Waals surface area contributed by atoms with Gasteiger partial charge in [-0.3, -0.25) is 19.7 Å². The first kappa shape index (κ1) is 17.5. The molecule has 1 heterocycles. The van der Waals surface area contributed by atoms with Crippen LogP contribution in [0.4, 0.5) is 5.69 Å². The van der Waals surface area contributed by atoms with Crippen LogP contribution in [0, 0.1) is 15.5 Å². The molecule has 1 aromatic carbocycles. The van der Waals surface area contributed by atoms with Crippen LogP contribution in [0.15, 0.2) is 12.1 Å². The summed E-state index contributed by atoms with van der Waals surface area (Å²) in [6.45, 7) is 3.71. The molecule has 0 fully saturated rings. The predicted octanol–water partition coefficient (Wildman–Crippen LogP) is 1.60. The molecule has 9 heteroatoms. The summed E-state index contributed by atoms with van der Waals surface area (Å²) in [5.74, 6) is -1.17. The molecule has 0 bridgehead atoms. The number of nitrogens with zero attached hydrogens (tertiary/aromatic N) is 1. The third-order valence-electron chi connectivity index (χ3n) is 3.72. The average molecular weight is 338 g/mol. The van der Waals surface area contributed by atoms with Crippen LogP contribution >= 0.6 is 0 Å². The molecule has 0 saturated carbocycles. The van der Waals surface area contributed by atoms with E-state index < -0.39 is 27.9 Å². The number of carbonyl (C=O) groups is 2. The van der Waals surface area contributed by atoms with Crippen molar-refractivity contribution >= 4 is 17.6 Å². The molecule has 0 unspecified atom stereocenters. The van der Waals surface area contributed by atoms with E-state index in [1.54, 1.807) is 0 Å². The standard InChI is InChI=1S/C15H18N2O7/c1-15(2,14(19)20)3-4-16-13(18)9-7-11-12(24-6-5-23-11)8-10(9)17(21)22/h7-8H,3-6H2,1-2H3,(H,16,18)(H,19,20). The number of nitro groups is 1. The van der Waals surface area contributed by atoms with E-state index in [0.717, 1.165) is 6.07 Å². The van der Waals surface area contributed by atoms with Crippen LogP contribution in [0.2, 0.25) is 0 Å². The highest BCUT2D eigenvalue weighted by Gasteiger charge is 2.29. The predicted molar refractivity (Wildman–Crippen MR) is 82.5 cm³/mol. The lowest BCUT2D eigenvalue weighted by Gasteiger charge is -2.20. The van der Waals surface area contributed by atoms with Gasteiger partial charge < -0.3 is 19.9 Å². The molecule has 0 aliphatic carbocycles. The fraction of sp³-hybridized carbons (Fsp3) is 0.467. The number of hydrogen-bond donors (Lipinski definition) is 2. The number of rotatable bonds is 6. The third kappa shape index (κ3) is 3.73. The second-order valence-electron chi connectivity index (χ2n) is 5.97. The first-order valence-electron chi connectivity index (χ1n) is 7.32. The Kier molecular flexibility index (Phi) is 4.91. The van der Waals surface area contributed by atoms with Gasteiger partial charge in [0.1, 0.15) is 18.8 Å². The lowest BCUT2D eigenvalue weighted by Crippen LogP contribution is -2.32. The maximum absolute atomic E-state index is 12.3. The van der Waals surface area contributed by atoms with E-state index in [0.29, 0.717) is 6.61 Å². The van der Waals surface area contributed by atoms with Gasteiger partial charge in [0.05, 0.1) is 16.4 Å². The summed E-state index contributed by atoms with van der Waals surface area (Å²) in [6, 6.07) is 2.43. The van der Waals surface area contributed by atoms with E-state index in [1.165, 1.54) is 19.9 Å². The Labute approximate surface area is 137 Å². The van der Waals surface area contributed by atoms with Gasteiger partial charge in [0.25, 0.3) is 11.6 Å². The fourth-order valence-electron chi connectivity index (χ4n) is 2.10. The summed E-state index contributed by atoms with van der Waals surface area (Å²) in [6.07, 6.45) is 0.187. The van der Waals surface area contributed by atoms with Crippen molar-refractivity contribution in [1.29, 1.82) is 0 Å². The highest BCUT2D eigenvalue weighted by molar-refractivity contribution is 5.99. The second kappa shape index (κ2) is 6.73. The molecule has 2 rings (SSSR count). The van der Waals surface area contributed by atoms with Crippen LogP contribution in [0.25, 0.3) is 0 Å². The van der Waals surface area contributed by atoms with Crippen LogP contribution in [-0.2, 0) is 4.79 Å². The monoisotopic (exact) mass is 338 g/mol. The third-order valence-corrected chi connectivity index (χ3v) is 3.72. The van der Waals surface area contributed by atoms with E-state index in [2.05, 4.69) is 5.32 Å². The molecule has 130 valence electrons. The zero-order valence-corrected chi connectivity index (χ0v) is 13.3. The van der Waals surface area contributed by atoms with Crippen molar-refractivity contribution in [2.24, 2.45) is 5.41 Å². The SMILES string of the molecule is CC(C)(CCNC(=O)c1cc2c(cc1[N+](=O)[O-])OCCO2)C(=O)O. The maximum atomic E-state index is 12.3. The molecule has 2 N–H and O–H groups in total. The Hall–Kier alpha value is -2.84. The lowest BCUT2D eigenvalue weighted by molar-refractivity contribution is -0.385. The summed E-state index contributed by atoms with van der Waals surface area (Å²) >= 11 is 0. The summed E-state index contributed by atoms with van der Waals surface area (Å²) in [5.41, 5.74) is -1.56. The van der Waals surface area contributed by atoms with Crippen molar-refractivity contribution in [2.45, 2.75) is 20.3 Å². The summed E-state index contributed by atoms with van der Waals surface area (Å²) in [7, 11) is 0. The van der Waals surface area contributed by atoms with Gasteiger partial charge in [-0.2, -0.15) is 0 Å². The Morgan fingerprint density at radius 1 is 1.29 bits per heavy atom. The largest absolute Gasteiger partial charge is 0.486 e. The minimum atomic E-state index is -1.01. The summed E-state index contributed by atoms with van der Waals surface area (Å²) in [4.78, 5) is 33.8. The molecule has 0 aromatic heterocycles. The van der Waals surface area contributed by atoms with E-state index in [1.807, 2.05) is 0 Å². The lowest BCUT2D eigenvalue weighted by atomic mass is 9.89. The first-order chi connectivity index (χ1) is 11.2. The van der Waals surface area contributed by atoms with Gasteiger partial charge in [-0.15, -0.1) is 0 Å². The van der Waals surface area contributed by atoms with E-state index >= 15 is 0 Å². The van der Waals surface area contributed by atoms with Gasteiger partial charge in [0.2, 0.25) is 0 Å². The number of nitro benzene ring substituents is 1. The van der Waals surface area contributed by atoms with Crippen molar-refractivity contribution in [2.75, 3.05) is 19.8 Å². The number of ether oxygens (including phenoxy) is 2. The molecule has 0 radical (unpaired) electrons. The van der Waals surface area contributed by atoms with Crippen molar-refractivity contribution in [3.05, 3.63) is 27.8 Å². The number of hydrogen-bond acceptors (Lipinski definition) is 6. The number of aliphatic carboxylic acids is 1. The Morgan fingerprint density at radius 2 is 1.88 bits per heavy atom. The zero-order chi connectivity index (χ0) is 17.9. The number of amides is 1. The number of nitrogens with one attached hydrogen (secondary N) is 1. The van der Waals surface area contributed by atoms with Crippen LogP contribution in [0.1, 0.15) is 30.6 Å². The average Bonchev–Trinajstić information content (AvgIpc) is 2.53. The Morgan fingerprint density at radius 3 is 2.42 bits per heavy atom. The number of benzene rings is 1. The van der Waals surface area contributed by atoms with Gasteiger partial charge in [0.15, 0.2) is 11.5 Å². The van der Waals surface area contributed by atoms with Crippen LogP contribution in [0.5, 0.6) is 11.5 Å². The Balaban J connectivity index is 2.16. The first-order valence-corrected chi connectivity index (χ1v) is 7.32. The topological polar surface area (TPSA) is 128 Å². The fourth-order valence-corrected chi connectivity index (χ4v) is 2.10. The van der Waals surface area contributed by atoms with Gasteiger partial charge in [-0.25, -0.2) is 0 Å². The number of carboxylic acid groups (broad SMARTS) is 1. The molecule has 24 heavy (non-hydrogen) atoms. The summed E-state index contributed by atoms with van der Waals surface area (Å²) in [5, 5.41) is 22.7. The zero-order valence-electron chi connectivity index (χ0n) is 13.3. The van der Waals surface area contributed by atoms with E-state index in [-0.39, 0.29) is 36.6 Å². The van der Waals surface area contributed by atoms with Crippen LogP contribution in [0.3, 0.4) is 0 Å². The Bertz CT molecular complexity index is 685. The second-order valence-corrected chi connectivity index (χ2v) is 5.97. The quantitative estimate of drug-likeness (QED) is 0.595. The smallest absolute Gasteiger partial charge is 0.309 e. The van der Waals surface area contributed by atoms with Gasteiger partial charge in [-0.05, 0) is 20.3 Å². The molecular weight excluding hydrogens is 320 g/mol. The minimum Gasteiger partial charge on any atom is -0.486 e. The summed E-state index contributed by atoms with van der Waals surface area (Å²) < 4.78 is 10.6. The molecule has 9 nitrogen and oxygen atoms in total. The van der Waals surface area contributed by atoms with Gasteiger partial charge in [-0.1, -0.05) is 0 Å². The van der Waals surface area contributed by atoms with Crippen molar-refractivity contribution < 1.29 is 29.1 Å².